The van der Waals surface area contributed by atoms with Gasteiger partial charge in [-0.25, -0.2) is 4.39 Å². The number of carbonyl (C=O) groups is 1. The van der Waals surface area contributed by atoms with Gasteiger partial charge in [0.05, 0.1) is 11.3 Å². The molecule has 4 nitrogen and oxygen atoms in total. The zero-order valence-electron chi connectivity index (χ0n) is 13.5. The predicted molar refractivity (Wildman–Crippen MR) is 97.3 cm³/mol. The lowest BCUT2D eigenvalue weighted by Crippen LogP contribution is -2.33. The minimum atomic E-state index is -0.540. The van der Waals surface area contributed by atoms with Crippen molar-refractivity contribution in [1.82, 2.24) is 15.2 Å². The molecule has 1 amide bonds. The van der Waals surface area contributed by atoms with Crippen LogP contribution in [0.25, 0.3) is 11.3 Å². The maximum atomic E-state index is 14.4. The number of nitrogens with zero attached hydrogens (tertiary/aromatic N) is 1. The molecule has 6 heteroatoms. The number of hydrogen-bond acceptors (Lipinski definition) is 4. The summed E-state index contributed by atoms with van der Waals surface area (Å²) in [5, 5.41) is 0. The molecule has 0 aliphatic carbocycles. The SMILES string of the molecule is Cc1cc(-c2ccccn2)cc(C(=O)NNSc2ccccc2)c1F. The molecule has 25 heavy (non-hydrogen) atoms. The summed E-state index contributed by atoms with van der Waals surface area (Å²) in [5.41, 5.74) is 4.26. The molecule has 1 aromatic heterocycles. The molecule has 0 bridgehead atoms. The Morgan fingerprint density at radius 3 is 2.56 bits per heavy atom. The maximum absolute atomic E-state index is 14.4. The van der Waals surface area contributed by atoms with Crippen LogP contribution in [0.2, 0.25) is 0 Å². The van der Waals surface area contributed by atoms with Crippen molar-refractivity contribution < 1.29 is 9.18 Å². The smallest absolute Gasteiger partial charge is 0.269 e. The van der Waals surface area contributed by atoms with Gasteiger partial charge in [-0.1, -0.05) is 24.3 Å². The summed E-state index contributed by atoms with van der Waals surface area (Å²) in [5.74, 6) is -1.08. The summed E-state index contributed by atoms with van der Waals surface area (Å²) in [6.07, 6.45) is 1.66. The molecule has 3 rings (SSSR count). The van der Waals surface area contributed by atoms with Crippen LogP contribution in [0.5, 0.6) is 0 Å². The zero-order valence-corrected chi connectivity index (χ0v) is 14.3. The predicted octanol–water partition coefficient (Wildman–Crippen LogP) is 4.14. The average Bonchev–Trinajstić information content (AvgIpc) is 2.65. The number of hydrogen-bond donors (Lipinski definition) is 2. The normalized spacial score (nSPS) is 10.5. The van der Waals surface area contributed by atoms with E-state index in [1.165, 1.54) is 18.0 Å². The first-order chi connectivity index (χ1) is 12.1. The number of rotatable bonds is 5. The molecular weight excluding hydrogens is 337 g/mol. The standard InChI is InChI=1S/C19H16FN3OS/c1-13-11-14(17-9-5-6-10-21-17)12-16(18(13)20)19(24)22-23-25-15-7-3-2-4-8-15/h2-12,23H,1H3,(H,22,24). The maximum Gasteiger partial charge on any atom is 0.269 e. The molecule has 0 spiro atoms. The van der Waals surface area contributed by atoms with Gasteiger partial charge in [0, 0.05) is 16.7 Å². The number of halogens is 1. The summed E-state index contributed by atoms with van der Waals surface area (Å²) in [6.45, 7) is 1.63. The van der Waals surface area contributed by atoms with E-state index >= 15 is 0 Å². The van der Waals surface area contributed by atoms with Crippen molar-refractivity contribution >= 4 is 17.9 Å². The first-order valence-electron chi connectivity index (χ1n) is 7.64. The van der Waals surface area contributed by atoms with Gasteiger partial charge in [-0.05, 0) is 60.8 Å². The second-order valence-corrected chi connectivity index (χ2v) is 6.22. The molecule has 0 unspecified atom stereocenters. The van der Waals surface area contributed by atoms with Crippen molar-refractivity contribution in [3.63, 3.8) is 0 Å². The average molecular weight is 353 g/mol. The first kappa shape index (κ1) is 17.1. The Labute approximate surface area is 149 Å². The minimum absolute atomic E-state index is 0.0261. The van der Waals surface area contributed by atoms with Crippen molar-refractivity contribution in [3.05, 3.63) is 83.8 Å². The monoisotopic (exact) mass is 353 g/mol. The number of aromatic nitrogens is 1. The first-order valence-corrected chi connectivity index (χ1v) is 8.45. The van der Waals surface area contributed by atoms with Crippen LogP contribution >= 0.6 is 11.9 Å². The van der Waals surface area contributed by atoms with E-state index in [9.17, 15) is 9.18 Å². The Balaban J connectivity index is 1.76. The number of benzene rings is 2. The quantitative estimate of drug-likeness (QED) is 0.535. The fourth-order valence-electron chi connectivity index (χ4n) is 2.30. The van der Waals surface area contributed by atoms with E-state index in [0.29, 0.717) is 16.8 Å². The Morgan fingerprint density at radius 2 is 1.84 bits per heavy atom. The lowest BCUT2D eigenvalue weighted by Gasteiger charge is -2.11. The van der Waals surface area contributed by atoms with Crippen molar-refractivity contribution in [2.24, 2.45) is 0 Å². The topological polar surface area (TPSA) is 54.0 Å². The van der Waals surface area contributed by atoms with Crippen LogP contribution in [0.4, 0.5) is 4.39 Å². The van der Waals surface area contributed by atoms with E-state index in [2.05, 4.69) is 15.2 Å². The summed E-state index contributed by atoms with van der Waals surface area (Å²) >= 11 is 1.24. The van der Waals surface area contributed by atoms with Gasteiger partial charge in [0.1, 0.15) is 5.82 Å². The van der Waals surface area contributed by atoms with Gasteiger partial charge in [-0.3, -0.25) is 15.2 Å². The Hall–Kier alpha value is -2.70. The Kier molecular flexibility index (Phi) is 5.42. The fraction of sp³-hybridized carbons (Fsp3) is 0.0526. The van der Waals surface area contributed by atoms with E-state index in [0.717, 1.165) is 4.90 Å². The molecule has 0 saturated heterocycles. The van der Waals surface area contributed by atoms with Gasteiger partial charge in [-0.2, -0.15) is 4.83 Å². The summed E-state index contributed by atoms with van der Waals surface area (Å²) in [4.78, 5) is 20.3. The van der Waals surface area contributed by atoms with Gasteiger partial charge in [0.25, 0.3) is 5.91 Å². The van der Waals surface area contributed by atoms with Gasteiger partial charge in [-0.15, -0.1) is 0 Å². The van der Waals surface area contributed by atoms with E-state index in [1.54, 1.807) is 25.3 Å². The highest BCUT2D eigenvalue weighted by molar-refractivity contribution is 7.97. The molecule has 1 heterocycles. The molecular formula is C19H16FN3OS. The van der Waals surface area contributed by atoms with Gasteiger partial charge in [0.15, 0.2) is 0 Å². The summed E-state index contributed by atoms with van der Waals surface area (Å²) < 4.78 is 14.4. The molecule has 0 fully saturated rings. The number of amides is 1. The molecule has 126 valence electrons. The molecule has 0 aliphatic heterocycles. The van der Waals surface area contributed by atoms with Gasteiger partial charge >= 0.3 is 0 Å². The van der Waals surface area contributed by atoms with Crippen LogP contribution in [0.3, 0.4) is 0 Å². The van der Waals surface area contributed by atoms with Gasteiger partial charge in [0.2, 0.25) is 0 Å². The second-order valence-electron chi connectivity index (χ2n) is 5.34. The van der Waals surface area contributed by atoms with E-state index < -0.39 is 11.7 Å². The van der Waals surface area contributed by atoms with Crippen LogP contribution in [0.15, 0.2) is 71.8 Å². The molecule has 2 aromatic carbocycles. The van der Waals surface area contributed by atoms with Crippen LogP contribution in [0, 0.1) is 12.7 Å². The van der Waals surface area contributed by atoms with Crippen LogP contribution in [0.1, 0.15) is 15.9 Å². The lowest BCUT2D eigenvalue weighted by atomic mass is 10.0. The Morgan fingerprint density at radius 1 is 1.08 bits per heavy atom. The Bertz CT molecular complexity index is 873. The van der Waals surface area contributed by atoms with E-state index in [-0.39, 0.29) is 5.56 Å². The van der Waals surface area contributed by atoms with Crippen molar-refractivity contribution in [1.29, 1.82) is 0 Å². The number of carbonyl (C=O) groups excluding carboxylic acids is 1. The van der Waals surface area contributed by atoms with Gasteiger partial charge < -0.3 is 0 Å². The third kappa shape index (κ3) is 4.23. The second kappa shape index (κ2) is 7.92. The van der Waals surface area contributed by atoms with E-state index in [4.69, 9.17) is 0 Å². The van der Waals surface area contributed by atoms with Crippen molar-refractivity contribution in [3.8, 4) is 11.3 Å². The zero-order chi connectivity index (χ0) is 17.6. The van der Waals surface area contributed by atoms with E-state index in [1.807, 2.05) is 42.5 Å². The largest absolute Gasteiger partial charge is 0.277 e. The van der Waals surface area contributed by atoms with Crippen molar-refractivity contribution in [2.45, 2.75) is 11.8 Å². The number of hydrazine groups is 1. The van der Waals surface area contributed by atoms with Crippen LogP contribution in [-0.4, -0.2) is 10.9 Å². The highest BCUT2D eigenvalue weighted by Gasteiger charge is 2.16. The highest BCUT2D eigenvalue weighted by Crippen LogP contribution is 2.23. The molecule has 0 radical (unpaired) electrons. The highest BCUT2D eigenvalue weighted by atomic mass is 32.2. The number of pyridine rings is 1. The summed E-state index contributed by atoms with van der Waals surface area (Å²) in [7, 11) is 0. The summed E-state index contributed by atoms with van der Waals surface area (Å²) in [6, 6.07) is 18.1. The lowest BCUT2D eigenvalue weighted by molar-refractivity contribution is 0.0943. The molecule has 0 aliphatic rings. The fourth-order valence-corrected chi connectivity index (χ4v) is 2.86. The molecule has 0 saturated carbocycles. The van der Waals surface area contributed by atoms with Crippen LogP contribution < -0.4 is 10.3 Å². The van der Waals surface area contributed by atoms with Crippen molar-refractivity contribution in [2.75, 3.05) is 0 Å². The van der Waals surface area contributed by atoms with Crippen LogP contribution in [-0.2, 0) is 0 Å². The molecule has 3 aromatic rings. The molecule has 2 N–H and O–H groups in total. The third-order valence-corrected chi connectivity index (χ3v) is 4.25. The number of nitrogens with one attached hydrogen (secondary N) is 2. The molecule has 0 atom stereocenters. The minimum Gasteiger partial charge on any atom is -0.277 e. The third-order valence-electron chi connectivity index (χ3n) is 3.54. The number of aryl methyl sites for hydroxylation is 1.